The lowest BCUT2D eigenvalue weighted by Crippen LogP contribution is -2.37. The highest BCUT2D eigenvalue weighted by Gasteiger charge is 2.32. The van der Waals surface area contributed by atoms with Crippen LogP contribution in [0.2, 0.25) is 0 Å². The minimum absolute atomic E-state index is 0.187. The third kappa shape index (κ3) is 2.86. The summed E-state index contributed by atoms with van der Waals surface area (Å²) in [7, 11) is 3.90. The summed E-state index contributed by atoms with van der Waals surface area (Å²) in [6.07, 6.45) is 0.884. The summed E-state index contributed by atoms with van der Waals surface area (Å²) >= 11 is 0. The number of benzene rings is 1. The number of anilines is 1. The number of hydrogen-bond acceptors (Lipinski definition) is 3. The maximum atomic E-state index is 12.1. The van der Waals surface area contributed by atoms with Gasteiger partial charge in [0.05, 0.1) is 0 Å². The molecular formula is C14H21NO2. The third-order valence-corrected chi connectivity index (χ3v) is 3.24. The predicted molar refractivity (Wildman–Crippen MR) is 70.6 cm³/mol. The number of rotatable bonds is 5. The van der Waals surface area contributed by atoms with Crippen LogP contribution in [0, 0.1) is 0 Å². The molecule has 0 saturated heterocycles. The van der Waals surface area contributed by atoms with Crippen molar-refractivity contribution in [1.29, 1.82) is 0 Å². The van der Waals surface area contributed by atoms with Gasteiger partial charge in [0.15, 0.2) is 5.78 Å². The van der Waals surface area contributed by atoms with E-state index in [0.717, 1.165) is 5.69 Å². The quantitative estimate of drug-likeness (QED) is 0.797. The van der Waals surface area contributed by atoms with Crippen LogP contribution >= 0.6 is 0 Å². The third-order valence-electron chi connectivity index (χ3n) is 3.24. The fourth-order valence-electron chi connectivity index (χ4n) is 1.75. The van der Waals surface area contributed by atoms with E-state index in [0.29, 0.717) is 18.4 Å². The number of ketones is 1. The largest absolute Gasteiger partial charge is 0.382 e. The van der Waals surface area contributed by atoms with Crippen LogP contribution in [0.1, 0.15) is 37.0 Å². The van der Waals surface area contributed by atoms with Crippen LogP contribution < -0.4 is 4.90 Å². The first kappa shape index (κ1) is 13.7. The van der Waals surface area contributed by atoms with Crippen molar-refractivity contribution in [2.24, 2.45) is 0 Å². The number of aliphatic hydroxyl groups is 1. The van der Waals surface area contributed by atoms with Crippen LogP contribution in [0.25, 0.3) is 0 Å². The Morgan fingerprint density at radius 3 is 2.00 bits per heavy atom. The Hall–Kier alpha value is -1.35. The maximum Gasteiger partial charge on any atom is 0.194 e. The monoisotopic (exact) mass is 235 g/mol. The van der Waals surface area contributed by atoms with Crippen LogP contribution in [-0.4, -0.2) is 30.6 Å². The SMILES string of the molecule is CCC(O)(CC)C(=O)c1ccc(N(C)C)cc1. The predicted octanol–water partition coefficient (Wildman–Crippen LogP) is 2.49. The molecule has 3 nitrogen and oxygen atoms in total. The molecule has 1 aromatic carbocycles. The minimum atomic E-state index is -1.22. The zero-order valence-corrected chi connectivity index (χ0v) is 11.0. The lowest BCUT2D eigenvalue weighted by atomic mass is 9.88. The second-order valence-corrected chi connectivity index (χ2v) is 4.51. The molecule has 0 unspecified atom stereocenters. The Morgan fingerprint density at radius 1 is 1.18 bits per heavy atom. The Bertz CT molecular complexity index is 378. The average molecular weight is 235 g/mol. The number of Topliss-reactive ketones (excluding diaryl/α,β-unsaturated/α-hetero) is 1. The Balaban J connectivity index is 2.97. The molecule has 0 heterocycles. The smallest absolute Gasteiger partial charge is 0.194 e. The van der Waals surface area contributed by atoms with Crippen molar-refractivity contribution in [1.82, 2.24) is 0 Å². The van der Waals surface area contributed by atoms with E-state index < -0.39 is 5.60 Å². The van der Waals surface area contributed by atoms with Gasteiger partial charge in [0.25, 0.3) is 0 Å². The van der Waals surface area contributed by atoms with Gasteiger partial charge in [0, 0.05) is 25.3 Å². The van der Waals surface area contributed by atoms with E-state index in [1.54, 1.807) is 12.1 Å². The Morgan fingerprint density at radius 2 is 1.65 bits per heavy atom. The molecule has 0 bridgehead atoms. The molecule has 0 spiro atoms. The molecule has 3 heteroatoms. The van der Waals surface area contributed by atoms with Crippen LogP contribution in [-0.2, 0) is 0 Å². The first-order chi connectivity index (χ1) is 7.94. The van der Waals surface area contributed by atoms with Crippen molar-refractivity contribution in [2.45, 2.75) is 32.3 Å². The molecule has 1 aromatic rings. The molecule has 0 aliphatic rings. The molecule has 1 rings (SSSR count). The normalized spacial score (nSPS) is 11.4. The topological polar surface area (TPSA) is 40.5 Å². The maximum absolute atomic E-state index is 12.1. The van der Waals surface area contributed by atoms with Gasteiger partial charge in [-0.15, -0.1) is 0 Å². The number of nitrogens with zero attached hydrogens (tertiary/aromatic N) is 1. The standard InChI is InChI=1S/C14H21NO2/c1-5-14(17,6-2)13(16)11-7-9-12(10-8-11)15(3)4/h7-10,17H,5-6H2,1-4H3. The molecule has 17 heavy (non-hydrogen) atoms. The van der Waals surface area contributed by atoms with E-state index in [1.807, 2.05) is 45.0 Å². The first-order valence-electron chi connectivity index (χ1n) is 5.99. The van der Waals surface area contributed by atoms with Gasteiger partial charge >= 0.3 is 0 Å². The second-order valence-electron chi connectivity index (χ2n) is 4.51. The molecule has 0 radical (unpaired) electrons. The fourth-order valence-corrected chi connectivity index (χ4v) is 1.75. The van der Waals surface area contributed by atoms with E-state index in [-0.39, 0.29) is 5.78 Å². The molecule has 0 amide bonds. The second kappa shape index (κ2) is 5.32. The Kier molecular flexibility index (Phi) is 4.29. The van der Waals surface area contributed by atoms with Crippen LogP contribution in [0.15, 0.2) is 24.3 Å². The summed E-state index contributed by atoms with van der Waals surface area (Å²) in [5, 5.41) is 10.2. The molecule has 0 saturated carbocycles. The van der Waals surface area contributed by atoms with Gasteiger partial charge in [-0.05, 0) is 37.1 Å². The van der Waals surface area contributed by atoms with Crippen molar-refractivity contribution in [3.8, 4) is 0 Å². The summed E-state index contributed by atoms with van der Waals surface area (Å²) in [5.41, 5.74) is 0.388. The number of carbonyl (C=O) groups excluding carboxylic acids is 1. The highest BCUT2D eigenvalue weighted by molar-refractivity contribution is 6.02. The van der Waals surface area contributed by atoms with E-state index in [1.165, 1.54) is 0 Å². The summed E-state index contributed by atoms with van der Waals surface area (Å²) in [5.74, 6) is -0.187. The van der Waals surface area contributed by atoms with Gasteiger partial charge in [0.2, 0.25) is 0 Å². The number of hydrogen-bond donors (Lipinski definition) is 1. The van der Waals surface area contributed by atoms with Crippen LogP contribution in [0.3, 0.4) is 0 Å². The van der Waals surface area contributed by atoms with Crippen molar-refractivity contribution in [2.75, 3.05) is 19.0 Å². The molecule has 0 fully saturated rings. The Labute approximate surface area is 103 Å². The van der Waals surface area contributed by atoms with Crippen molar-refractivity contribution in [3.63, 3.8) is 0 Å². The lowest BCUT2D eigenvalue weighted by Gasteiger charge is -2.23. The highest BCUT2D eigenvalue weighted by atomic mass is 16.3. The first-order valence-corrected chi connectivity index (χ1v) is 5.99. The molecule has 94 valence electrons. The average Bonchev–Trinajstić information content (AvgIpc) is 2.37. The van der Waals surface area contributed by atoms with Gasteiger partial charge in [-0.2, -0.15) is 0 Å². The number of carbonyl (C=O) groups is 1. The molecular weight excluding hydrogens is 214 g/mol. The molecule has 1 N–H and O–H groups in total. The van der Waals surface area contributed by atoms with Crippen molar-refractivity contribution < 1.29 is 9.90 Å². The molecule has 0 aliphatic carbocycles. The zero-order valence-electron chi connectivity index (χ0n) is 11.0. The van der Waals surface area contributed by atoms with Crippen LogP contribution in [0.5, 0.6) is 0 Å². The van der Waals surface area contributed by atoms with Crippen molar-refractivity contribution in [3.05, 3.63) is 29.8 Å². The van der Waals surface area contributed by atoms with Gasteiger partial charge in [-0.3, -0.25) is 4.79 Å². The van der Waals surface area contributed by atoms with Crippen LogP contribution in [0.4, 0.5) is 5.69 Å². The molecule has 0 aromatic heterocycles. The van der Waals surface area contributed by atoms with Gasteiger partial charge in [0.1, 0.15) is 5.60 Å². The summed E-state index contributed by atoms with van der Waals surface area (Å²) < 4.78 is 0. The van der Waals surface area contributed by atoms with E-state index in [9.17, 15) is 9.90 Å². The summed E-state index contributed by atoms with van der Waals surface area (Å²) in [4.78, 5) is 14.1. The fraction of sp³-hybridized carbons (Fsp3) is 0.500. The van der Waals surface area contributed by atoms with Gasteiger partial charge < -0.3 is 10.0 Å². The van der Waals surface area contributed by atoms with Crippen molar-refractivity contribution >= 4 is 11.5 Å². The van der Waals surface area contributed by atoms with E-state index in [2.05, 4.69) is 0 Å². The summed E-state index contributed by atoms with van der Waals surface area (Å²) in [6.45, 7) is 3.66. The van der Waals surface area contributed by atoms with Gasteiger partial charge in [-0.25, -0.2) is 0 Å². The summed E-state index contributed by atoms with van der Waals surface area (Å²) in [6, 6.07) is 7.32. The highest BCUT2D eigenvalue weighted by Crippen LogP contribution is 2.22. The minimum Gasteiger partial charge on any atom is -0.382 e. The molecule has 0 aliphatic heterocycles. The van der Waals surface area contributed by atoms with Gasteiger partial charge in [-0.1, -0.05) is 13.8 Å². The molecule has 0 atom stereocenters. The zero-order chi connectivity index (χ0) is 13.1. The van der Waals surface area contributed by atoms with E-state index >= 15 is 0 Å². The van der Waals surface area contributed by atoms with E-state index in [4.69, 9.17) is 0 Å². The lowest BCUT2D eigenvalue weighted by molar-refractivity contribution is 0.0278.